The molecule has 0 saturated carbocycles. The minimum Gasteiger partial charge on any atom is -0.492 e. The van der Waals surface area contributed by atoms with Crippen LogP contribution in [0.3, 0.4) is 0 Å². The Morgan fingerprint density at radius 3 is 2.81 bits per heavy atom. The SMILES string of the molecule is CCCOc1cncc(C(NN)c2ccc(C)cc2Br)c1. The molecule has 4 nitrogen and oxygen atoms in total. The third-order valence-electron chi connectivity index (χ3n) is 3.17. The molecule has 0 aliphatic rings. The van der Waals surface area contributed by atoms with Crippen LogP contribution in [0.15, 0.2) is 41.1 Å². The van der Waals surface area contributed by atoms with Crippen molar-refractivity contribution in [3.8, 4) is 5.75 Å². The molecule has 0 spiro atoms. The summed E-state index contributed by atoms with van der Waals surface area (Å²) in [5.74, 6) is 6.52. The molecule has 0 saturated heterocycles. The Kier molecular flexibility index (Phi) is 5.73. The van der Waals surface area contributed by atoms with E-state index in [1.165, 1.54) is 5.56 Å². The molecule has 1 unspecified atom stereocenters. The summed E-state index contributed by atoms with van der Waals surface area (Å²) in [4.78, 5) is 4.24. The molecular weight excluding hydrogens is 330 g/mol. The number of aryl methyl sites for hydroxylation is 1. The number of aromatic nitrogens is 1. The monoisotopic (exact) mass is 349 g/mol. The zero-order chi connectivity index (χ0) is 15.2. The maximum Gasteiger partial charge on any atom is 0.137 e. The van der Waals surface area contributed by atoms with Crippen molar-refractivity contribution in [3.05, 3.63) is 57.8 Å². The maximum absolute atomic E-state index is 5.75. The van der Waals surface area contributed by atoms with Gasteiger partial charge in [0.05, 0.1) is 18.8 Å². The Labute approximate surface area is 133 Å². The van der Waals surface area contributed by atoms with E-state index in [9.17, 15) is 0 Å². The molecule has 0 amide bonds. The van der Waals surface area contributed by atoms with E-state index in [0.717, 1.165) is 27.8 Å². The lowest BCUT2D eigenvalue weighted by Crippen LogP contribution is -2.29. The van der Waals surface area contributed by atoms with E-state index < -0.39 is 0 Å². The van der Waals surface area contributed by atoms with Gasteiger partial charge in [0, 0.05) is 10.7 Å². The number of rotatable bonds is 6. The number of hydrogen-bond donors (Lipinski definition) is 2. The fourth-order valence-electron chi connectivity index (χ4n) is 2.12. The third-order valence-corrected chi connectivity index (χ3v) is 3.86. The summed E-state index contributed by atoms with van der Waals surface area (Å²) in [5, 5.41) is 0. The lowest BCUT2D eigenvalue weighted by molar-refractivity contribution is 0.315. The average Bonchev–Trinajstić information content (AvgIpc) is 2.48. The fourth-order valence-corrected chi connectivity index (χ4v) is 2.85. The molecule has 5 heteroatoms. The van der Waals surface area contributed by atoms with Gasteiger partial charge in [-0.1, -0.05) is 35.0 Å². The standard InChI is InChI=1S/C16H20BrN3O/c1-3-6-21-13-8-12(9-19-10-13)16(20-18)14-5-4-11(2)7-15(14)17/h4-5,7-10,16,20H,3,6,18H2,1-2H3. The first kappa shape index (κ1) is 15.9. The summed E-state index contributed by atoms with van der Waals surface area (Å²) in [6, 6.07) is 8.03. The van der Waals surface area contributed by atoms with Crippen LogP contribution in [-0.4, -0.2) is 11.6 Å². The average molecular weight is 350 g/mol. The number of halogens is 1. The van der Waals surface area contributed by atoms with Crippen LogP contribution in [0, 0.1) is 6.92 Å². The van der Waals surface area contributed by atoms with Gasteiger partial charge in [-0.2, -0.15) is 0 Å². The van der Waals surface area contributed by atoms with Gasteiger partial charge >= 0.3 is 0 Å². The molecule has 1 aromatic carbocycles. The predicted molar refractivity (Wildman–Crippen MR) is 88.1 cm³/mol. The van der Waals surface area contributed by atoms with E-state index in [-0.39, 0.29) is 6.04 Å². The first-order valence-electron chi connectivity index (χ1n) is 6.95. The van der Waals surface area contributed by atoms with Crippen molar-refractivity contribution in [2.75, 3.05) is 6.61 Å². The number of nitrogens with one attached hydrogen (secondary N) is 1. The first-order valence-corrected chi connectivity index (χ1v) is 7.75. The second-order valence-electron chi connectivity index (χ2n) is 4.93. The van der Waals surface area contributed by atoms with Crippen LogP contribution in [0.2, 0.25) is 0 Å². The van der Waals surface area contributed by atoms with Crippen LogP contribution < -0.4 is 16.0 Å². The van der Waals surface area contributed by atoms with E-state index >= 15 is 0 Å². The number of hydrogen-bond acceptors (Lipinski definition) is 4. The molecule has 2 aromatic rings. The van der Waals surface area contributed by atoms with Crippen LogP contribution in [-0.2, 0) is 0 Å². The molecule has 0 aliphatic carbocycles. The largest absolute Gasteiger partial charge is 0.492 e. The molecule has 0 radical (unpaired) electrons. The highest BCUT2D eigenvalue weighted by Gasteiger charge is 2.16. The summed E-state index contributed by atoms with van der Waals surface area (Å²) in [6.45, 7) is 4.81. The van der Waals surface area contributed by atoms with Crippen molar-refractivity contribution < 1.29 is 4.74 Å². The minimum atomic E-state index is -0.141. The fraction of sp³-hybridized carbons (Fsp3) is 0.312. The van der Waals surface area contributed by atoms with Crippen molar-refractivity contribution in [1.29, 1.82) is 0 Å². The number of ether oxygens (including phenoxy) is 1. The Hall–Kier alpha value is -1.43. The zero-order valence-corrected chi connectivity index (χ0v) is 13.9. The van der Waals surface area contributed by atoms with Crippen LogP contribution in [0.25, 0.3) is 0 Å². The van der Waals surface area contributed by atoms with E-state index in [1.54, 1.807) is 12.4 Å². The van der Waals surface area contributed by atoms with Crippen LogP contribution >= 0.6 is 15.9 Å². The van der Waals surface area contributed by atoms with E-state index in [0.29, 0.717) is 6.61 Å². The zero-order valence-electron chi connectivity index (χ0n) is 12.3. The smallest absolute Gasteiger partial charge is 0.137 e. The Morgan fingerprint density at radius 1 is 1.33 bits per heavy atom. The molecular formula is C16H20BrN3O. The van der Waals surface area contributed by atoms with Crippen LogP contribution in [0.4, 0.5) is 0 Å². The number of hydrazine groups is 1. The van der Waals surface area contributed by atoms with Gasteiger partial charge in [0.1, 0.15) is 5.75 Å². The summed E-state index contributed by atoms with van der Waals surface area (Å²) < 4.78 is 6.65. The van der Waals surface area contributed by atoms with E-state index in [2.05, 4.69) is 58.4 Å². The quantitative estimate of drug-likeness (QED) is 0.618. The first-order chi connectivity index (χ1) is 10.2. The highest BCUT2D eigenvalue weighted by Crippen LogP contribution is 2.30. The lowest BCUT2D eigenvalue weighted by atomic mass is 9.99. The van der Waals surface area contributed by atoms with Gasteiger partial charge in [0.2, 0.25) is 0 Å². The number of benzene rings is 1. The van der Waals surface area contributed by atoms with Gasteiger partial charge in [-0.15, -0.1) is 0 Å². The predicted octanol–water partition coefficient (Wildman–Crippen LogP) is 3.49. The molecule has 0 fully saturated rings. The topological polar surface area (TPSA) is 60.2 Å². The minimum absolute atomic E-state index is 0.141. The number of nitrogens with two attached hydrogens (primary N) is 1. The van der Waals surface area contributed by atoms with Gasteiger partial charge in [-0.3, -0.25) is 10.8 Å². The Balaban J connectivity index is 2.32. The van der Waals surface area contributed by atoms with E-state index in [1.807, 2.05) is 6.07 Å². The second kappa shape index (κ2) is 7.54. The molecule has 1 heterocycles. The molecule has 112 valence electrons. The molecule has 1 aromatic heterocycles. The van der Waals surface area contributed by atoms with Gasteiger partial charge in [0.15, 0.2) is 0 Å². The van der Waals surface area contributed by atoms with Crippen LogP contribution in [0.1, 0.15) is 36.1 Å². The molecule has 1 atom stereocenters. The Morgan fingerprint density at radius 2 is 2.14 bits per heavy atom. The van der Waals surface area contributed by atoms with Gasteiger partial charge < -0.3 is 4.74 Å². The highest BCUT2D eigenvalue weighted by atomic mass is 79.9. The third kappa shape index (κ3) is 4.03. The maximum atomic E-state index is 5.75. The lowest BCUT2D eigenvalue weighted by Gasteiger charge is -2.19. The molecule has 21 heavy (non-hydrogen) atoms. The normalized spacial score (nSPS) is 12.2. The highest BCUT2D eigenvalue weighted by molar-refractivity contribution is 9.10. The van der Waals surface area contributed by atoms with Gasteiger partial charge in [0.25, 0.3) is 0 Å². The van der Waals surface area contributed by atoms with Crippen molar-refractivity contribution in [1.82, 2.24) is 10.4 Å². The Bertz CT molecular complexity index is 604. The molecule has 3 N–H and O–H groups in total. The number of nitrogens with zero attached hydrogens (tertiary/aromatic N) is 1. The molecule has 0 bridgehead atoms. The number of pyridine rings is 1. The van der Waals surface area contributed by atoms with Crippen molar-refractivity contribution >= 4 is 15.9 Å². The van der Waals surface area contributed by atoms with Crippen molar-refractivity contribution in [2.24, 2.45) is 5.84 Å². The van der Waals surface area contributed by atoms with Crippen molar-refractivity contribution in [2.45, 2.75) is 26.3 Å². The van der Waals surface area contributed by atoms with Crippen LogP contribution in [0.5, 0.6) is 5.75 Å². The summed E-state index contributed by atoms with van der Waals surface area (Å²) in [7, 11) is 0. The van der Waals surface area contributed by atoms with Gasteiger partial charge in [-0.25, -0.2) is 5.43 Å². The molecule has 0 aliphatic heterocycles. The van der Waals surface area contributed by atoms with Crippen molar-refractivity contribution in [3.63, 3.8) is 0 Å². The molecule has 2 rings (SSSR count). The van der Waals surface area contributed by atoms with Gasteiger partial charge in [-0.05, 0) is 42.2 Å². The summed E-state index contributed by atoms with van der Waals surface area (Å²) >= 11 is 3.60. The summed E-state index contributed by atoms with van der Waals surface area (Å²) in [5.41, 5.74) is 6.08. The summed E-state index contributed by atoms with van der Waals surface area (Å²) in [6.07, 6.45) is 4.48. The van der Waals surface area contributed by atoms with E-state index in [4.69, 9.17) is 10.6 Å². The second-order valence-corrected chi connectivity index (χ2v) is 5.78.